The molecular formula is C13H23N3O4. The van der Waals surface area contributed by atoms with E-state index in [1.807, 2.05) is 13.8 Å². The molecule has 1 amide bonds. The average Bonchev–Trinajstić information content (AvgIpc) is 2.34. The lowest BCUT2D eigenvalue weighted by atomic mass is 9.95. The molecule has 0 fully saturated rings. The highest BCUT2D eigenvalue weighted by molar-refractivity contribution is 6.36. The van der Waals surface area contributed by atoms with Crippen molar-refractivity contribution in [2.45, 2.75) is 52.7 Å². The van der Waals surface area contributed by atoms with Crippen LogP contribution >= 0.6 is 0 Å². The predicted molar refractivity (Wildman–Crippen MR) is 73.3 cm³/mol. The van der Waals surface area contributed by atoms with Crippen molar-refractivity contribution in [2.75, 3.05) is 7.11 Å². The number of amides is 1. The molecule has 2 atom stereocenters. The summed E-state index contributed by atoms with van der Waals surface area (Å²) in [4.78, 5) is 26.3. The Bertz CT molecular complexity index is 408. The number of alkyl carbamates (subject to hydrolysis) is 1. The summed E-state index contributed by atoms with van der Waals surface area (Å²) >= 11 is 0. The number of carbonyl (C=O) groups excluding carboxylic acids is 2. The molecule has 0 aliphatic rings. The van der Waals surface area contributed by atoms with Gasteiger partial charge >= 0.3 is 17.8 Å². The first kappa shape index (κ1) is 18.1. The van der Waals surface area contributed by atoms with Crippen LogP contribution in [0.4, 0.5) is 4.79 Å². The first-order valence-corrected chi connectivity index (χ1v) is 6.46. The second-order valence-corrected chi connectivity index (χ2v) is 5.49. The smallest absolute Gasteiger partial charge is 0.418 e. The van der Waals surface area contributed by atoms with Crippen LogP contribution in [0.2, 0.25) is 0 Å². The topological polar surface area (TPSA) is 101 Å². The zero-order valence-corrected chi connectivity index (χ0v) is 12.9. The second-order valence-electron chi connectivity index (χ2n) is 5.49. The standard InChI is InChI=1S/C13H23N3O4/c1-7-8(2)9(10(16-14)11(17)19-6)15-12(18)20-13(3,4)5/h8-9H,7H2,1-6H3,(H,15,18)/t8-,9-/m0/s1. The number of rotatable bonds is 5. The van der Waals surface area contributed by atoms with Crippen molar-refractivity contribution < 1.29 is 23.9 Å². The molecule has 114 valence electrons. The summed E-state index contributed by atoms with van der Waals surface area (Å²) in [6.07, 6.45) is -0.0240. The van der Waals surface area contributed by atoms with Crippen molar-refractivity contribution >= 4 is 17.8 Å². The summed E-state index contributed by atoms with van der Waals surface area (Å²) in [5, 5.41) is 2.54. The molecule has 0 rings (SSSR count). The van der Waals surface area contributed by atoms with E-state index in [1.54, 1.807) is 20.8 Å². The van der Waals surface area contributed by atoms with E-state index in [-0.39, 0.29) is 11.6 Å². The van der Waals surface area contributed by atoms with E-state index >= 15 is 0 Å². The van der Waals surface area contributed by atoms with E-state index in [2.05, 4.69) is 14.8 Å². The fourth-order valence-electron chi connectivity index (χ4n) is 1.48. The van der Waals surface area contributed by atoms with Crippen LogP contribution in [0.3, 0.4) is 0 Å². The molecule has 0 unspecified atom stereocenters. The predicted octanol–water partition coefficient (Wildman–Crippen LogP) is 1.77. The maximum absolute atomic E-state index is 11.8. The van der Waals surface area contributed by atoms with Crippen LogP contribution in [0.15, 0.2) is 0 Å². The summed E-state index contributed by atoms with van der Waals surface area (Å²) in [6.45, 7) is 8.89. The molecule has 0 aliphatic heterocycles. The van der Waals surface area contributed by atoms with E-state index in [0.29, 0.717) is 6.42 Å². The SMILES string of the molecule is CC[C@H](C)[C@H](NC(=O)OC(C)(C)C)C(=[N+]=[N-])C(=O)OC. The fraction of sp³-hybridized carbons (Fsp3) is 0.769. The van der Waals surface area contributed by atoms with Gasteiger partial charge in [-0.1, -0.05) is 20.3 Å². The van der Waals surface area contributed by atoms with E-state index in [4.69, 9.17) is 10.3 Å². The lowest BCUT2D eigenvalue weighted by Crippen LogP contribution is -2.50. The highest BCUT2D eigenvalue weighted by atomic mass is 16.6. The first-order chi connectivity index (χ1) is 9.16. The molecule has 7 heteroatoms. The number of nitrogens with zero attached hydrogens (tertiary/aromatic N) is 2. The highest BCUT2D eigenvalue weighted by Gasteiger charge is 2.37. The van der Waals surface area contributed by atoms with Crippen LogP contribution in [0.1, 0.15) is 41.0 Å². The van der Waals surface area contributed by atoms with Crippen molar-refractivity contribution in [3.05, 3.63) is 5.53 Å². The van der Waals surface area contributed by atoms with Gasteiger partial charge in [0.25, 0.3) is 0 Å². The zero-order chi connectivity index (χ0) is 15.9. The molecule has 0 heterocycles. The van der Waals surface area contributed by atoms with Crippen LogP contribution < -0.4 is 5.32 Å². The molecule has 0 aromatic heterocycles. The third kappa shape index (κ3) is 5.84. The maximum Gasteiger partial charge on any atom is 0.418 e. The molecular weight excluding hydrogens is 262 g/mol. The molecule has 0 saturated carbocycles. The van der Waals surface area contributed by atoms with Gasteiger partial charge in [0.1, 0.15) is 11.6 Å². The van der Waals surface area contributed by atoms with Crippen LogP contribution in [-0.2, 0) is 14.3 Å². The van der Waals surface area contributed by atoms with Crippen molar-refractivity contribution in [3.8, 4) is 0 Å². The Hall–Kier alpha value is -1.88. The van der Waals surface area contributed by atoms with E-state index < -0.39 is 23.7 Å². The van der Waals surface area contributed by atoms with Gasteiger partial charge in [0, 0.05) is 0 Å². The van der Waals surface area contributed by atoms with Gasteiger partial charge in [-0.05, 0) is 26.7 Å². The Labute approximate surface area is 119 Å². The first-order valence-electron chi connectivity index (χ1n) is 6.46. The third-order valence-electron chi connectivity index (χ3n) is 2.68. The Morgan fingerprint density at radius 1 is 1.35 bits per heavy atom. The van der Waals surface area contributed by atoms with E-state index in [0.717, 1.165) is 0 Å². The Kier molecular flexibility index (Phi) is 6.93. The van der Waals surface area contributed by atoms with Crippen molar-refractivity contribution in [1.29, 1.82) is 0 Å². The number of hydrogen-bond donors (Lipinski definition) is 1. The number of nitrogens with one attached hydrogen (secondary N) is 1. The summed E-state index contributed by atoms with van der Waals surface area (Å²) < 4.78 is 9.67. The number of methoxy groups -OCH3 is 1. The molecule has 0 saturated heterocycles. The fourth-order valence-corrected chi connectivity index (χ4v) is 1.48. The van der Waals surface area contributed by atoms with Crippen LogP contribution in [-0.4, -0.2) is 41.3 Å². The molecule has 0 aromatic carbocycles. The number of carbonyl (C=O) groups is 2. The molecule has 0 aliphatic carbocycles. The maximum atomic E-state index is 11.8. The van der Waals surface area contributed by atoms with Gasteiger partial charge in [-0.2, -0.15) is 4.79 Å². The molecule has 0 spiro atoms. The number of hydrogen-bond acceptors (Lipinski definition) is 4. The Morgan fingerprint density at radius 3 is 2.25 bits per heavy atom. The highest BCUT2D eigenvalue weighted by Crippen LogP contribution is 2.12. The lowest BCUT2D eigenvalue weighted by Gasteiger charge is -2.24. The molecule has 0 aromatic rings. The van der Waals surface area contributed by atoms with Gasteiger partial charge in [-0.3, -0.25) is 0 Å². The summed E-state index contributed by atoms with van der Waals surface area (Å²) in [7, 11) is 1.18. The molecule has 1 N–H and O–H groups in total. The van der Waals surface area contributed by atoms with Gasteiger partial charge in [-0.15, -0.1) is 0 Å². The summed E-state index contributed by atoms with van der Waals surface area (Å²) in [5.41, 5.74) is 8.07. The third-order valence-corrected chi connectivity index (χ3v) is 2.68. The van der Waals surface area contributed by atoms with Gasteiger partial charge in [0.2, 0.25) is 0 Å². The normalized spacial score (nSPS) is 13.7. The van der Waals surface area contributed by atoms with Gasteiger partial charge in [-0.25, -0.2) is 9.59 Å². The zero-order valence-electron chi connectivity index (χ0n) is 12.9. The van der Waals surface area contributed by atoms with Crippen LogP contribution in [0, 0.1) is 5.92 Å². The van der Waals surface area contributed by atoms with Crippen molar-refractivity contribution in [2.24, 2.45) is 5.92 Å². The number of ether oxygens (including phenoxy) is 2. The van der Waals surface area contributed by atoms with Gasteiger partial charge in [0.05, 0.1) is 7.11 Å². The van der Waals surface area contributed by atoms with Crippen LogP contribution in [0.5, 0.6) is 0 Å². The van der Waals surface area contributed by atoms with E-state index in [9.17, 15) is 9.59 Å². The van der Waals surface area contributed by atoms with Gasteiger partial charge in [0.15, 0.2) is 0 Å². The summed E-state index contributed by atoms with van der Waals surface area (Å²) in [6, 6.07) is -0.785. The molecule has 7 nitrogen and oxygen atoms in total. The van der Waals surface area contributed by atoms with Gasteiger partial charge < -0.3 is 20.3 Å². The monoisotopic (exact) mass is 285 g/mol. The van der Waals surface area contributed by atoms with Crippen molar-refractivity contribution in [3.63, 3.8) is 0 Å². The number of esters is 1. The molecule has 0 radical (unpaired) electrons. The average molecular weight is 285 g/mol. The quantitative estimate of drug-likeness (QED) is 0.360. The Balaban J connectivity index is 5.14. The molecule has 0 bridgehead atoms. The minimum absolute atomic E-state index is 0.132. The second kappa shape index (κ2) is 7.65. The molecule has 20 heavy (non-hydrogen) atoms. The minimum atomic E-state index is -0.797. The van der Waals surface area contributed by atoms with E-state index in [1.165, 1.54) is 7.11 Å². The van der Waals surface area contributed by atoms with Crippen LogP contribution in [0.25, 0.3) is 5.53 Å². The van der Waals surface area contributed by atoms with Crippen molar-refractivity contribution in [1.82, 2.24) is 5.32 Å². The lowest BCUT2D eigenvalue weighted by molar-refractivity contribution is -0.138. The minimum Gasteiger partial charge on any atom is -0.460 e. The largest absolute Gasteiger partial charge is 0.460 e. The Morgan fingerprint density at radius 2 is 1.90 bits per heavy atom. The summed E-state index contributed by atoms with van der Waals surface area (Å²) in [5.74, 6) is -0.929.